The molecular weight excluding hydrogens is 196 g/mol. The second kappa shape index (κ2) is 4.45. The van der Waals surface area contributed by atoms with Crippen molar-refractivity contribution in [3.05, 3.63) is 72.9 Å². The van der Waals surface area contributed by atoms with Crippen LogP contribution in [0.1, 0.15) is 17.5 Å². The third-order valence-electron chi connectivity index (χ3n) is 2.88. The summed E-state index contributed by atoms with van der Waals surface area (Å²) in [5.74, 6) is 0. The van der Waals surface area contributed by atoms with Gasteiger partial charge in [0.25, 0.3) is 0 Å². The SMILES string of the molecule is [CH2]CC(N)(c1ccccc1)c1ccncc1. The predicted molar refractivity (Wildman–Crippen MR) is 65.6 cm³/mol. The fourth-order valence-corrected chi connectivity index (χ4v) is 1.84. The number of benzene rings is 1. The number of nitrogens with zero attached hydrogens (tertiary/aromatic N) is 1. The van der Waals surface area contributed by atoms with Crippen molar-refractivity contribution in [3.63, 3.8) is 0 Å². The van der Waals surface area contributed by atoms with E-state index in [9.17, 15) is 0 Å². The van der Waals surface area contributed by atoms with Gasteiger partial charge in [-0.25, -0.2) is 0 Å². The van der Waals surface area contributed by atoms with E-state index in [1.54, 1.807) is 12.4 Å². The number of hydrogen-bond acceptors (Lipinski definition) is 2. The molecule has 1 aromatic carbocycles. The van der Waals surface area contributed by atoms with Gasteiger partial charge in [-0.05, 0) is 29.7 Å². The molecule has 1 aromatic heterocycles. The Kier molecular flexibility index (Phi) is 3.02. The number of aromatic nitrogens is 1. The van der Waals surface area contributed by atoms with Crippen molar-refractivity contribution in [2.45, 2.75) is 12.0 Å². The van der Waals surface area contributed by atoms with Crippen LogP contribution in [0.2, 0.25) is 0 Å². The number of rotatable bonds is 3. The molecule has 1 atom stereocenters. The molecule has 1 unspecified atom stereocenters. The van der Waals surface area contributed by atoms with Crippen LogP contribution in [0.15, 0.2) is 54.9 Å². The molecule has 2 aromatic rings. The molecule has 0 bridgehead atoms. The van der Waals surface area contributed by atoms with Crippen LogP contribution in [0.3, 0.4) is 0 Å². The summed E-state index contributed by atoms with van der Waals surface area (Å²) in [5, 5.41) is 0. The van der Waals surface area contributed by atoms with Gasteiger partial charge in [0.2, 0.25) is 0 Å². The summed E-state index contributed by atoms with van der Waals surface area (Å²) < 4.78 is 0. The quantitative estimate of drug-likeness (QED) is 0.847. The van der Waals surface area contributed by atoms with Crippen LogP contribution in [-0.2, 0) is 5.54 Å². The van der Waals surface area contributed by atoms with Gasteiger partial charge in [-0.3, -0.25) is 4.98 Å². The van der Waals surface area contributed by atoms with Crippen molar-refractivity contribution in [3.8, 4) is 0 Å². The van der Waals surface area contributed by atoms with Crippen LogP contribution >= 0.6 is 0 Å². The first-order chi connectivity index (χ1) is 7.77. The third kappa shape index (κ3) is 1.84. The molecule has 0 spiro atoms. The molecule has 1 radical (unpaired) electrons. The van der Waals surface area contributed by atoms with Crippen LogP contribution in [0.25, 0.3) is 0 Å². The molecule has 0 amide bonds. The lowest BCUT2D eigenvalue weighted by molar-refractivity contribution is 0.544. The van der Waals surface area contributed by atoms with Crippen LogP contribution < -0.4 is 5.73 Å². The van der Waals surface area contributed by atoms with Gasteiger partial charge in [-0.15, -0.1) is 0 Å². The van der Waals surface area contributed by atoms with E-state index in [4.69, 9.17) is 5.73 Å². The molecule has 0 aliphatic heterocycles. The summed E-state index contributed by atoms with van der Waals surface area (Å²) in [6, 6.07) is 13.9. The lowest BCUT2D eigenvalue weighted by Crippen LogP contribution is -2.37. The molecule has 16 heavy (non-hydrogen) atoms. The molecule has 0 aliphatic rings. The Morgan fingerprint density at radius 2 is 1.56 bits per heavy atom. The number of nitrogens with two attached hydrogens (primary N) is 1. The molecule has 0 aliphatic carbocycles. The molecule has 2 rings (SSSR count). The second-order valence-corrected chi connectivity index (χ2v) is 3.82. The molecule has 81 valence electrons. The lowest BCUT2D eigenvalue weighted by atomic mass is 9.82. The van der Waals surface area contributed by atoms with E-state index < -0.39 is 5.54 Å². The fraction of sp³-hybridized carbons (Fsp3) is 0.143. The fourth-order valence-electron chi connectivity index (χ4n) is 1.84. The lowest BCUT2D eigenvalue weighted by Gasteiger charge is -2.29. The minimum atomic E-state index is -0.524. The minimum absolute atomic E-state index is 0.524. The van der Waals surface area contributed by atoms with Gasteiger partial charge in [0.1, 0.15) is 0 Å². The van der Waals surface area contributed by atoms with Gasteiger partial charge < -0.3 is 5.73 Å². The van der Waals surface area contributed by atoms with Crippen molar-refractivity contribution in [2.24, 2.45) is 5.73 Å². The highest BCUT2D eigenvalue weighted by Crippen LogP contribution is 2.29. The first kappa shape index (κ1) is 10.8. The first-order valence-corrected chi connectivity index (χ1v) is 5.31. The summed E-state index contributed by atoms with van der Waals surface area (Å²) in [6.07, 6.45) is 4.13. The molecule has 2 heteroatoms. The third-order valence-corrected chi connectivity index (χ3v) is 2.88. The average Bonchev–Trinajstić information content (AvgIpc) is 2.40. The smallest absolute Gasteiger partial charge is 0.0666 e. The van der Waals surface area contributed by atoms with Crippen LogP contribution in [0.4, 0.5) is 0 Å². The van der Waals surface area contributed by atoms with Crippen molar-refractivity contribution in [1.29, 1.82) is 0 Å². The van der Waals surface area contributed by atoms with Gasteiger partial charge in [0, 0.05) is 12.4 Å². The van der Waals surface area contributed by atoms with Crippen LogP contribution in [-0.4, -0.2) is 4.98 Å². The zero-order valence-corrected chi connectivity index (χ0v) is 9.13. The van der Waals surface area contributed by atoms with Crippen molar-refractivity contribution >= 4 is 0 Å². The van der Waals surface area contributed by atoms with E-state index in [0.29, 0.717) is 6.42 Å². The Balaban J connectivity index is 2.49. The molecule has 0 saturated carbocycles. The van der Waals surface area contributed by atoms with Gasteiger partial charge in [-0.1, -0.05) is 37.3 Å². The van der Waals surface area contributed by atoms with E-state index in [1.165, 1.54) is 0 Å². The maximum absolute atomic E-state index is 6.45. The Labute approximate surface area is 96.1 Å². The van der Waals surface area contributed by atoms with Gasteiger partial charge >= 0.3 is 0 Å². The first-order valence-electron chi connectivity index (χ1n) is 5.31. The van der Waals surface area contributed by atoms with E-state index in [1.807, 2.05) is 42.5 Å². The van der Waals surface area contributed by atoms with Crippen LogP contribution in [0, 0.1) is 6.92 Å². The van der Waals surface area contributed by atoms with Crippen molar-refractivity contribution in [2.75, 3.05) is 0 Å². The summed E-state index contributed by atoms with van der Waals surface area (Å²) >= 11 is 0. The van der Waals surface area contributed by atoms with E-state index in [-0.39, 0.29) is 0 Å². The Morgan fingerprint density at radius 1 is 1.00 bits per heavy atom. The topological polar surface area (TPSA) is 38.9 Å². The monoisotopic (exact) mass is 211 g/mol. The normalized spacial score (nSPS) is 14.4. The Morgan fingerprint density at radius 3 is 2.12 bits per heavy atom. The zero-order valence-electron chi connectivity index (χ0n) is 9.13. The highest BCUT2D eigenvalue weighted by Gasteiger charge is 2.26. The van der Waals surface area contributed by atoms with Crippen molar-refractivity contribution in [1.82, 2.24) is 4.98 Å². The molecule has 2 nitrogen and oxygen atoms in total. The summed E-state index contributed by atoms with van der Waals surface area (Å²) in [6.45, 7) is 3.97. The number of pyridine rings is 1. The Hall–Kier alpha value is -1.67. The maximum Gasteiger partial charge on any atom is 0.0666 e. The molecule has 1 heterocycles. The standard InChI is InChI=1S/C14H15N2/c1-2-14(15,12-6-4-3-5-7-12)13-8-10-16-11-9-13/h3-11H,1-2,15H2. The van der Waals surface area contributed by atoms with E-state index in [0.717, 1.165) is 11.1 Å². The molecule has 0 fully saturated rings. The summed E-state index contributed by atoms with van der Waals surface area (Å²) in [5.41, 5.74) is 8.05. The molecular formula is C14H15N2. The Bertz CT molecular complexity index is 397. The largest absolute Gasteiger partial charge is 0.318 e. The maximum atomic E-state index is 6.45. The van der Waals surface area contributed by atoms with E-state index >= 15 is 0 Å². The van der Waals surface area contributed by atoms with Crippen LogP contribution in [0.5, 0.6) is 0 Å². The summed E-state index contributed by atoms with van der Waals surface area (Å²) in [4.78, 5) is 4.01. The predicted octanol–water partition coefficient (Wildman–Crippen LogP) is 2.51. The highest BCUT2D eigenvalue weighted by atomic mass is 14.7. The minimum Gasteiger partial charge on any atom is -0.318 e. The van der Waals surface area contributed by atoms with Gasteiger partial charge in [-0.2, -0.15) is 0 Å². The van der Waals surface area contributed by atoms with Gasteiger partial charge in [0.05, 0.1) is 5.54 Å². The van der Waals surface area contributed by atoms with Gasteiger partial charge in [0.15, 0.2) is 0 Å². The molecule has 2 N–H and O–H groups in total. The average molecular weight is 211 g/mol. The zero-order chi connectivity index (χ0) is 11.4. The molecule has 0 saturated heterocycles. The summed E-state index contributed by atoms with van der Waals surface area (Å²) in [7, 11) is 0. The second-order valence-electron chi connectivity index (χ2n) is 3.82. The van der Waals surface area contributed by atoms with Crippen molar-refractivity contribution < 1.29 is 0 Å². The number of hydrogen-bond donors (Lipinski definition) is 1. The highest BCUT2D eigenvalue weighted by molar-refractivity contribution is 5.36. The van der Waals surface area contributed by atoms with E-state index in [2.05, 4.69) is 11.9 Å².